The topological polar surface area (TPSA) is 75.4 Å². The summed E-state index contributed by atoms with van der Waals surface area (Å²) in [4.78, 5) is 27.6. The summed E-state index contributed by atoms with van der Waals surface area (Å²) in [6.07, 6.45) is 3.98. The van der Waals surface area contributed by atoms with Crippen LogP contribution in [0, 0.1) is 0 Å². The molecule has 0 saturated heterocycles. The Morgan fingerprint density at radius 1 is 1.21 bits per heavy atom. The molecule has 126 valence electrons. The van der Waals surface area contributed by atoms with Crippen molar-refractivity contribution in [3.63, 3.8) is 0 Å². The van der Waals surface area contributed by atoms with Gasteiger partial charge in [0, 0.05) is 30.2 Å². The zero-order valence-electron chi connectivity index (χ0n) is 13.9. The molecule has 0 saturated carbocycles. The Kier molecular flexibility index (Phi) is 4.57. The van der Waals surface area contributed by atoms with Crippen LogP contribution >= 0.6 is 11.3 Å². The predicted molar refractivity (Wildman–Crippen MR) is 98.2 cm³/mol. The Bertz CT molecular complexity index is 796. The number of thiophene rings is 1. The SMILES string of the molecule is CN(C)c1cccc(C(=O)Nc2sc3c(c2C(N)=O)CCCC3)c1. The number of nitrogens with two attached hydrogens (primary N) is 1. The molecule has 2 amide bonds. The van der Waals surface area contributed by atoms with Gasteiger partial charge in [0.2, 0.25) is 0 Å². The van der Waals surface area contributed by atoms with Crippen LogP contribution in [0.1, 0.15) is 44.0 Å². The molecule has 3 N–H and O–H groups in total. The van der Waals surface area contributed by atoms with Crippen LogP contribution < -0.4 is 16.0 Å². The molecular formula is C18H21N3O2S. The second kappa shape index (κ2) is 6.65. The molecule has 24 heavy (non-hydrogen) atoms. The third-order valence-corrected chi connectivity index (χ3v) is 5.48. The van der Waals surface area contributed by atoms with E-state index in [0.29, 0.717) is 16.1 Å². The first-order valence-electron chi connectivity index (χ1n) is 8.00. The van der Waals surface area contributed by atoms with Gasteiger partial charge in [-0.2, -0.15) is 0 Å². The predicted octanol–water partition coefficient (Wildman–Crippen LogP) is 3.04. The molecule has 3 rings (SSSR count). The fourth-order valence-electron chi connectivity index (χ4n) is 3.02. The van der Waals surface area contributed by atoms with Crippen LogP contribution in [0.25, 0.3) is 0 Å². The molecule has 5 nitrogen and oxygen atoms in total. The highest BCUT2D eigenvalue weighted by Gasteiger charge is 2.25. The summed E-state index contributed by atoms with van der Waals surface area (Å²) in [6.45, 7) is 0. The van der Waals surface area contributed by atoms with Crippen molar-refractivity contribution in [2.24, 2.45) is 5.73 Å². The van der Waals surface area contributed by atoms with Gasteiger partial charge < -0.3 is 16.0 Å². The van der Waals surface area contributed by atoms with Crippen molar-refractivity contribution in [3.05, 3.63) is 45.8 Å². The van der Waals surface area contributed by atoms with E-state index in [1.807, 2.05) is 37.2 Å². The van der Waals surface area contributed by atoms with Gasteiger partial charge in [0.25, 0.3) is 11.8 Å². The Morgan fingerprint density at radius 2 is 1.96 bits per heavy atom. The number of hydrogen-bond donors (Lipinski definition) is 2. The first-order chi connectivity index (χ1) is 11.5. The van der Waals surface area contributed by atoms with Gasteiger partial charge in [-0.25, -0.2) is 0 Å². The molecule has 1 aliphatic rings. The summed E-state index contributed by atoms with van der Waals surface area (Å²) >= 11 is 1.48. The monoisotopic (exact) mass is 343 g/mol. The molecule has 2 aromatic rings. The Hall–Kier alpha value is -2.34. The molecule has 1 aromatic heterocycles. The fourth-order valence-corrected chi connectivity index (χ4v) is 4.30. The van der Waals surface area contributed by atoms with Crippen LogP contribution in [0.4, 0.5) is 10.7 Å². The number of nitrogens with zero attached hydrogens (tertiary/aromatic N) is 1. The zero-order chi connectivity index (χ0) is 17.3. The molecule has 0 fully saturated rings. The van der Waals surface area contributed by atoms with Gasteiger partial charge in [-0.3, -0.25) is 9.59 Å². The molecule has 0 bridgehead atoms. The van der Waals surface area contributed by atoms with E-state index < -0.39 is 5.91 Å². The van der Waals surface area contributed by atoms with Crippen molar-refractivity contribution < 1.29 is 9.59 Å². The molecular weight excluding hydrogens is 322 g/mol. The number of benzene rings is 1. The first-order valence-corrected chi connectivity index (χ1v) is 8.82. The highest BCUT2D eigenvalue weighted by Crippen LogP contribution is 2.38. The highest BCUT2D eigenvalue weighted by molar-refractivity contribution is 7.17. The summed E-state index contributed by atoms with van der Waals surface area (Å²) in [5.41, 5.74) is 8.59. The lowest BCUT2D eigenvalue weighted by Gasteiger charge is -2.13. The average molecular weight is 343 g/mol. The third-order valence-electron chi connectivity index (χ3n) is 4.27. The van der Waals surface area contributed by atoms with E-state index in [1.165, 1.54) is 16.2 Å². The van der Waals surface area contributed by atoms with Crippen molar-refractivity contribution in [3.8, 4) is 0 Å². The van der Waals surface area contributed by atoms with Gasteiger partial charge in [0.1, 0.15) is 5.00 Å². The van der Waals surface area contributed by atoms with Gasteiger partial charge in [0.15, 0.2) is 0 Å². The van der Waals surface area contributed by atoms with E-state index >= 15 is 0 Å². The second-order valence-electron chi connectivity index (χ2n) is 6.18. The molecule has 0 radical (unpaired) electrons. The van der Waals surface area contributed by atoms with Crippen LogP contribution in [0.15, 0.2) is 24.3 Å². The van der Waals surface area contributed by atoms with Gasteiger partial charge in [-0.1, -0.05) is 6.07 Å². The zero-order valence-corrected chi connectivity index (χ0v) is 14.7. The Balaban J connectivity index is 1.91. The number of aryl methyl sites for hydroxylation is 1. The average Bonchev–Trinajstić information content (AvgIpc) is 2.92. The lowest BCUT2D eigenvalue weighted by molar-refractivity contribution is 0.100. The minimum Gasteiger partial charge on any atom is -0.378 e. The lowest BCUT2D eigenvalue weighted by atomic mass is 9.95. The van der Waals surface area contributed by atoms with Crippen LogP contribution in [0.2, 0.25) is 0 Å². The molecule has 1 aliphatic carbocycles. The highest BCUT2D eigenvalue weighted by atomic mass is 32.1. The molecule has 0 spiro atoms. The van der Waals surface area contributed by atoms with Crippen LogP contribution in [-0.2, 0) is 12.8 Å². The number of amides is 2. The molecule has 0 aliphatic heterocycles. The lowest BCUT2D eigenvalue weighted by Crippen LogP contribution is -2.19. The summed E-state index contributed by atoms with van der Waals surface area (Å²) in [7, 11) is 3.85. The van der Waals surface area contributed by atoms with E-state index in [-0.39, 0.29) is 5.91 Å². The number of carbonyl (C=O) groups excluding carboxylic acids is 2. The van der Waals surface area contributed by atoms with Crippen molar-refractivity contribution >= 4 is 33.8 Å². The summed E-state index contributed by atoms with van der Waals surface area (Å²) in [5.74, 6) is -0.688. The van der Waals surface area contributed by atoms with Crippen molar-refractivity contribution in [1.82, 2.24) is 0 Å². The molecule has 6 heteroatoms. The third kappa shape index (κ3) is 3.14. The Labute approximate surface area is 145 Å². The van der Waals surface area contributed by atoms with E-state index in [1.54, 1.807) is 6.07 Å². The molecule has 1 heterocycles. The van der Waals surface area contributed by atoms with Crippen molar-refractivity contribution in [2.45, 2.75) is 25.7 Å². The standard InChI is InChI=1S/C18H21N3O2S/c1-21(2)12-7-5-6-11(10-12)17(23)20-18-15(16(19)22)13-8-3-4-9-14(13)24-18/h5-7,10H,3-4,8-9H2,1-2H3,(H2,19,22)(H,20,23). The van der Waals surface area contributed by atoms with Gasteiger partial charge >= 0.3 is 0 Å². The maximum Gasteiger partial charge on any atom is 0.256 e. The molecule has 1 aromatic carbocycles. The maximum absolute atomic E-state index is 12.6. The number of hydrogen-bond acceptors (Lipinski definition) is 4. The van der Waals surface area contributed by atoms with Crippen molar-refractivity contribution in [2.75, 3.05) is 24.3 Å². The number of fused-ring (bicyclic) bond motifs is 1. The van der Waals surface area contributed by atoms with E-state index in [4.69, 9.17) is 5.73 Å². The summed E-state index contributed by atoms with van der Waals surface area (Å²) in [5, 5.41) is 3.47. The van der Waals surface area contributed by atoms with Gasteiger partial charge in [-0.05, 0) is 49.4 Å². The first kappa shape index (κ1) is 16.5. The number of rotatable bonds is 4. The number of anilines is 2. The van der Waals surface area contributed by atoms with E-state index in [9.17, 15) is 9.59 Å². The Morgan fingerprint density at radius 3 is 2.67 bits per heavy atom. The summed E-state index contributed by atoms with van der Waals surface area (Å²) in [6, 6.07) is 7.38. The maximum atomic E-state index is 12.6. The minimum atomic E-state index is -0.466. The van der Waals surface area contributed by atoms with E-state index in [2.05, 4.69) is 5.32 Å². The van der Waals surface area contributed by atoms with Gasteiger partial charge in [-0.15, -0.1) is 11.3 Å². The smallest absolute Gasteiger partial charge is 0.256 e. The quantitative estimate of drug-likeness (QED) is 0.896. The second-order valence-corrected chi connectivity index (χ2v) is 7.28. The number of primary amides is 1. The van der Waals surface area contributed by atoms with Crippen LogP contribution in [-0.4, -0.2) is 25.9 Å². The number of carbonyl (C=O) groups is 2. The van der Waals surface area contributed by atoms with Gasteiger partial charge in [0.05, 0.1) is 5.56 Å². The van der Waals surface area contributed by atoms with Crippen LogP contribution in [0.5, 0.6) is 0 Å². The molecule has 0 atom stereocenters. The van der Waals surface area contributed by atoms with Crippen molar-refractivity contribution in [1.29, 1.82) is 0 Å². The van der Waals surface area contributed by atoms with Crippen LogP contribution in [0.3, 0.4) is 0 Å². The number of nitrogens with one attached hydrogen (secondary N) is 1. The minimum absolute atomic E-state index is 0.222. The molecule has 0 unspecified atom stereocenters. The van der Waals surface area contributed by atoms with E-state index in [0.717, 1.165) is 36.9 Å². The largest absolute Gasteiger partial charge is 0.378 e. The summed E-state index contributed by atoms with van der Waals surface area (Å²) < 4.78 is 0. The fraction of sp³-hybridized carbons (Fsp3) is 0.333. The normalized spacial score (nSPS) is 13.2.